The van der Waals surface area contributed by atoms with Crippen LogP contribution < -0.4 is 10.2 Å². The van der Waals surface area contributed by atoms with Gasteiger partial charge in [-0.2, -0.15) is 4.98 Å². The summed E-state index contributed by atoms with van der Waals surface area (Å²) in [6.07, 6.45) is 4.58. The van der Waals surface area contributed by atoms with E-state index in [-0.39, 0.29) is 11.7 Å². The third kappa shape index (κ3) is 4.28. The number of methoxy groups -OCH3 is 1. The Balaban J connectivity index is 1.34. The molecule has 1 aromatic heterocycles. The molecule has 0 radical (unpaired) electrons. The zero-order chi connectivity index (χ0) is 25.4. The number of hydrogen-bond donors (Lipinski definition) is 1. The molecule has 5 rings (SSSR count). The molecule has 9 nitrogen and oxygen atoms in total. The van der Waals surface area contributed by atoms with Crippen molar-refractivity contribution in [1.29, 1.82) is 0 Å². The molecular formula is C24H29F3N8O. The first kappa shape index (κ1) is 24.1. The lowest BCUT2D eigenvalue weighted by Gasteiger charge is -2.39. The number of halogens is 3. The number of aliphatic imine (C=N–C) groups is 2. The van der Waals surface area contributed by atoms with Crippen molar-refractivity contribution in [2.75, 3.05) is 44.0 Å². The van der Waals surface area contributed by atoms with Gasteiger partial charge in [0.25, 0.3) is 0 Å². The van der Waals surface area contributed by atoms with E-state index in [1.54, 1.807) is 29.8 Å². The summed E-state index contributed by atoms with van der Waals surface area (Å²) in [5.41, 5.74) is -0.0514. The van der Waals surface area contributed by atoms with E-state index in [0.29, 0.717) is 49.1 Å². The Labute approximate surface area is 207 Å². The van der Waals surface area contributed by atoms with Gasteiger partial charge in [0.15, 0.2) is 17.5 Å². The quantitative estimate of drug-likeness (QED) is 0.370. The van der Waals surface area contributed by atoms with Crippen molar-refractivity contribution in [3.63, 3.8) is 0 Å². The molecule has 1 aromatic carbocycles. The molecule has 2 aliphatic heterocycles. The lowest BCUT2D eigenvalue weighted by Crippen LogP contribution is -2.47. The average Bonchev–Trinajstić information content (AvgIpc) is 3.39. The second-order valence-corrected chi connectivity index (χ2v) is 9.26. The molecule has 2 aromatic rings. The average molecular weight is 503 g/mol. The molecule has 1 saturated carbocycles. The van der Waals surface area contributed by atoms with Crippen LogP contribution >= 0.6 is 0 Å². The fourth-order valence-corrected chi connectivity index (χ4v) is 5.53. The van der Waals surface area contributed by atoms with E-state index in [9.17, 15) is 13.2 Å². The molecule has 0 amide bonds. The molecule has 1 saturated heterocycles. The molecular weight excluding hydrogens is 473 g/mol. The number of ether oxygens (including phenoxy) is 1. The Morgan fingerprint density at radius 3 is 2.58 bits per heavy atom. The van der Waals surface area contributed by atoms with Crippen LogP contribution in [0.15, 0.2) is 34.0 Å². The van der Waals surface area contributed by atoms with Crippen LogP contribution in [-0.4, -0.2) is 72.1 Å². The maximum absolute atomic E-state index is 14.5. The van der Waals surface area contributed by atoms with Crippen LogP contribution in [0, 0.1) is 29.3 Å². The first-order valence-corrected chi connectivity index (χ1v) is 12.0. The molecule has 1 aliphatic carbocycles. The van der Waals surface area contributed by atoms with E-state index < -0.39 is 17.5 Å². The van der Waals surface area contributed by atoms with E-state index in [1.165, 1.54) is 6.07 Å². The summed E-state index contributed by atoms with van der Waals surface area (Å²) in [5.74, 6) is -1.17. The molecule has 3 heterocycles. The van der Waals surface area contributed by atoms with Gasteiger partial charge in [-0.3, -0.25) is 4.99 Å². The van der Waals surface area contributed by atoms with E-state index in [0.717, 1.165) is 37.8 Å². The van der Waals surface area contributed by atoms with Crippen molar-refractivity contribution in [3.8, 4) is 0 Å². The molecule has 1 N–H and O–H groups in total. The lowest BCUT2D eigenvalue weighted by atomic mass is 9.92. The van der Waals surface area contributed by atoms with Gasteiger partial charge in [0.05, 0.1) is 12.8 Å². The number of anilines is 3. The minimum Gasteiger partial charge on any atom is -0.481 e. The summed E-state index contributed by atoms with van der Waals surface area (Å²) in [6.45, 7) is 6.34. The van der Waals surface area contributed by atoms with Crippen LogP contribution in [0.4, 0.5) is 30.8 Å². The number of nitrogens with one attached hydrogen (secondary N) is 1. The Hall–Kier alpha value is -3.57. The summed E-state index contributed by atoms with van der Waals surface area (Å²) >= 11 is 0. The van der Waals surface area contributed by atoms with Gasteiger partial charge < -0.3 is 19.9 Å². The van der Waals surface area contributed by atoms with Crippen LogP contribution in [0.25, 0.3) is 0 Å². The van der Waals surface area contributed by atoms with Crippen LogP contribution in [0.5, 0.6) is 0 Å². The van der Waals surface area contributed by atoms with E-state index in [2.05, 4.69) is 37.0 Å². The molecule has 12 heteroatoms. The second-order valence-electron chi connectivity index (χ2n) is 9.26. The predicted molar refractivity (Wildman–Crippen MR) is 131 cm³/mol. The van der Waals surface area contributed by atoms with Crippen LogP contribution in [0.3, 0.4) is 0 Å². The highest BCUT2D eigenvalue weighted by Crippen LogP contribution is 2.40. The first-order valence-electron chi connectivity index (χ1n) is 12.0. The third-order valence-corrected chi connectivity index (χ3v) is 7.25. The van der Waals surface area contributed by atoms with Crippen LogP contribution in [0.1, 0.15) is 19.3 Å². The van der Waals surface area contributed by atoms with E-state index in [1.807, 2.05) is 0 Å². The largest absolute Gasteiger partial charge is 0.481 e. The zero-order valence-electron chi connectivity index (χ0n) is 20.3. The smallest absolute Gasteiger partial charge is 0.244 e. The van der Waals surface area contributed by atoms with Crippen molar-refractivity contribution in [3.05, 3.63) is 41.5 Å². The van der Waals surface area contributed by atoms with Crippen molar-refractivity contribution in [2.24, 2.45) is 21.8 Å². The molecule has 0 unspecified atom stereocenters. The van der Waals surface area contributed by atoms with Gasteiger partial charge in [0.1, 0.15) is 5.82 Å². The normalized spacial score (nSPS) is 24.1. The summed E-state index contributed by atoms with van der Waals surface area (Å²) in [4.78, 5) is 16.7. The number of fused-ring (bicyclic) bond motifs is 3. The molecule has 0 spiro atoms. The molecule has 2 bridgehead atoms. The number of piperidine rings is 1. The summed E-state index contributed by atoms with van der Waals surface area (Å²) in [7, 11) is 3.23. The highest BCUT2D eigenvalue weighted by molar-refractivity contribution is 5.88. The van der Waals surface area contributed by atoms with Crippen molar-refractivity contribution in [1.82, 2.24) is 19.7 Å². The van der Waals surface area contributed by atoms with E-state index >= 15 is 0 Å². The molecule has 3 aliphatic rings. The van der Waals surface area contributed by atoms with Gasteiger partial charge >= 0.3 is 0 Å². The monoisotopic (exact) mass is 502 g/mol. The summed E-state index contributed by atoms with van der Waals surface area (Å²) in [5, 5.41) is 8.11. The maximum atomic E-state index is 14.5. The van der Waals surface area contributed by atoms with Crippen molar-refractivity contribution in [2.45, 2.75) is 31.8 Å². The van der Waals surface area contributed by atoms with Gasteiger partial charge in [-0.25, -0.2) is 22.8 Å². The SMILES string of the molecule is C=N/C(=C\C(=N/C)OC)N1C[C@H]2CC[C@@H](C1)[C@@H]2Nc1nc2n(n1)CCCN2c1ccc(F)c(F)c1F. The number of aryl methyl sites for hydroxylation is 1. The number of aromatic nitrogens is 3. The summed E-state index contributed by atoms with van der Waals surface area (Å²) < 4.78 is 48.8. The zero-order valence-corrected chi connectivity index (χ0v) is 20.3. The Kier molecular flexibility index (Phi) is 6.59. The standard InChI is InChI=1S/C24H29F3N8O/c1-28-18(11-19(29-2)36-3)33-12-14-5-6-15(13-33)22(14)30-23-31-24-34(9-4-10-35(24)32-23)17-8-7-16(25)20(26)21(17)27/h7-8,11,14-15,22H,1,4-6,9-10,12-13H2,2-3H3,(H,30,32)/b18-11+,29-19+/t14-,15+,22-. The molecule has 36 heavy (non-hydrogen) atoms. The second kappa shape index (κ2) is 9.82. The maximum Gasteiger partial charge on any atom is 0.244 e. The van der Waals surface area contributed by atoms with Gasteiger partial charge in [0, 0.05) is 45.3 Å². The minimum absolute atomic E-state index is 0.0514. The number of nitrogens with zero attached hydrogens (tertiary/aromatic N) is 7. The number of hydrogen-bond acceptors (Lipinski definition) is 8. The number of benzene rings is 1. The first-order chi connectivity index (χ1) is 17.4. The van der Waals surface area contributed by atoms with Crippen LogP contribution in [0.2, 0.25) is 0 Å². The molecule has 3 atom stereocenters. The van der Waals surface area contributed by atoms with Gasteiger partial charge in [-0.15, -0.1) is 5.10 Å². The van der Waals surface area contributed by atoms with Crippen molar-refractivity contribution < 1.29 is 17.9 Å². The third-order valence-electron chi connectivity index (χ3n) is 7.25. The Bertz CT molecular complexity index is 1200. The van der Waals surface area contributed by atoms with Gasteiger partial charge in [-0.05, 0) is 49.9 Å². The van der Waals surface area contributed by atoms with Crippen LogP contribution in [-0.2, 0) is 11.3 Å². The van der Waals surface area contributed by atoms with Gasteiger partial charge in [0.2, 0.25) is 17.8 Å². The predicted octanol–water partition coefficient (Wildman–Crippen LogP) is 3.58. The fraction of sp³-hybridized carbons (Fsp3) is 0.500. The highest BCUT2D eigenvalue weighted by Gasteiger charge is 2.43. The molecule has 2 fully saturated rings. The number of likely N-dealkylation sites (tertiary alicyclic amines) is 1. The van der Waals surface area contributed by atoms with Gasteiger partial charge in [-0.1, -0.05) is 0 Å². The minimum atomic E-state index is -1.49. The highest BCUT2D eigenvalue weighted by atomic mass is 19.2. The lowest BCUT2D eigenvalue weighted by molar-refractivity contribution is 0.192. The molecule has 192 valence electrons. The Morgan fingerprint density at radius 1 is 1.17 bits per heavy atom. The fourth-order valence-electron chi connectivity index (χ4n) is 5.53. The topological polar surface area (TPSA) is 83.2 Å². The number of rotatable bonds is 6. The summed E-state index contributed by atoms with van der Waals surface area (Å²) in [6, 6.07) is 2.33. The van der Waals surface area contributed by atoms with Crippen molar-refractivity contribution >= 4 is 30.2 Å². The van der Waals surface area contributed by atoms with E-state index in [4.69, 9.17) is 4.74 Å². The Morgan fingerprint density at radius 2 is 1.92 bits per heavy atom.